The topological polar surface area (TPSA) is 63.1 Å². The first-order valence-electron chi connectivity index (χ1n) is 7.67. The predicted molar refractivity (Wildman–Crippen MR) is 90.3 cm³/mol. The summed E-state index contributed by atoms with van der Waals surface area (Å²) >= 11 is 1.66. The molecule has 1 aliphatic rings. The number of rotatable bonds is 3. The number of aromatic carboxylic acids is 1. The molecule has 1 aliphatic carbocycles. The van der Waals surface area contributed by atoms with Crippen molar-refractivity contribution in [3.63, 3.8) is 0 Å². The molecule has 2 heterocycles. The first-order chi connectivity index (χ1) is 11.1. The van der Waals surface area contributed by atoms with Gasteiger partial charge in [0.05, 0.1) is 11.3 Å². The minimum Gasteiger partial charge on any atom is -0.478 e. The van der Waals surface area contributed by atoms with Crippen LogP contribution in [0.25, 0.3) is 10.2 Å². The molecular formula is C18H16N2O2S. The van der Waals surface area contributed by atoms with Gasteiger partial charge in [-0.25, -0.2) is 14.8 Å². The quantitative estimate of drug-likeness (QED) is 0.777. The van der Waals surface area contributed by atoms with Crippen LogP contribution in [0.4, 0.5) is 0 Å². The van der Waals surface area contributed by atoms with E-state index in [1.165, 1.54) is 16.6 Å². The normalized spacial score (nSPS) is 20.4. The molecule has 0 unspecified atom stereocenters. The third kappa shape index (κ3) is 2.51. The fourth-order valence-corrected chi connectivity index (χ4v) is 4.13. The molecule has 2 aromatic heterocycles. The van der Waals surface area contributed by atoms with Crippen molar-refractivity contribution in [1.29, 1.82) is 0 Å². The molecule has 1 fully saturated rings. The van der Waals surface area contributed by atoms with Crippen molar-refractivity contribution in [2.75, 3.05) is 0 Å². The maximum atomic E-state index is 10.9. The average Bonchev–Trinajstić information content (AvgIpc) is 2.94. The number of fused-ring (bicyclic) bond motifs is 1. The van der Waals surface area contributed by atoms with Gasteiger partial charge in [0.2, 0.25) is 0 Å². The molecule has 1 N–H and O–H groups in total. The van der Waals surface area contributed by atoms with E-state index in [0.29, 0.717) is 17.4 Å². The number of aryl methyl sites for hydroxylation is 1. The molecule has 5 heteroatoms. The highest BCUT2D eigenvalue weighted by Gasteiger charge is 2.33. The molecule has 4 rings (SSSR count). The molecule has 0 atom stereocenters. The number of carboxylic acids is 1. The zero-order valence-corrected chi connectivity index (χ0v) is 13.5. The Balaban J connectivity index is 1.54. The smallest absolute Gasteiger partial charge is 0.335 e. The lowest BCUT2D eigenvalue weighted by Gasteiger charge is -2.35. The molecule has 0 radical (unpaired) electrons. The third-order valence-electron chi connectivity index (χ3n) is 4.62. The van der Waals surface area contributed by atoms with E-state index in [4.69, 9.17) is 5.11 Å². The van der Waals surface area contributed by atoms with Crippen molar-refractivity contribution < 1.29 is 9.90 Å². The number of aromatic nitrogens is 2. The molecular weight excluding hydrogens is 308 g/mol. The highest BCUT2D eigenvalue weighted by atomic mass is 32.1. The van der Waals surface area contributed by atoms with Gasteiger partial charge < -0.3 is 5.11 Å². The molecule has 1 aromatic carbocycles. The molecule has 0 amide bonds. The molecule has 116 valence electrons. The van der Waals surface area contributed by atoms with Gasteiger partial charge in [-0.15, -0.1) is 11.3 Å². The highest BCUT2D eigenvalue weighted by Crippen LogP contribution is 2.48. The van der Waals surface area contributed by atoms with Gasteiger partial charge in [0, 0.05) is 11.3 Å². The van der Waals surface area contributed by atoms with Crippen LogP contribution < -0.4 is 0 Å². The lowest BCUT2D eigenvalue weighted by molar-refractivity contribution is 0.0697. The SMILES string of the molecule is Cc1nc(C2CC(c3ccc(C(=O)O)cc3)C2)c2ccsc2n1. The first-order valence-corrected chi connectivity index (χ1v) is 8.55. The van der Waals surface area contributed by atoms with Crippen molar-refractivity contribution in [2.45, 2.75) is 31.6 Å². The standard InChI is InChI=1S/C18H16N2O2S/c1-10-19-16(15-6-7-23-17(15)20-10)14-8-13(9-14)11-2-4-12(5-3-11)18(21)22/h2-7,13-14H,8-9H2,1H3,(H,21,22). The molecule has 4 nitrogen and oxygen atoms in total. The van der Waals surface area contributed by atoms with Gasteiger partial charge in [-0.05, 0) is 54.8 Å². The van der Waals surface area contributed by atoms with E-state index in [1.54, 1.807) is 23.5 Å². The molecule has 0 aliphatic heterocycles. The number of nitrogens with zero attached hydrogens (tertiary/aromatic N) is 2. The Kier molecular flexibility index (Phi) is 3.38. The van der Waals surface area contributed by atoms with Gasteiger partial charge in [-0.3, -0.25) is 0 Å². The number of hydrogen-bond donors (Lipinski definition) is 1. The van der Waals surface area contributed by atoms with Crippen LogP contribution in [-0.4, -0.2) is 21.0 Å². The van der Waals surface area contributed by atoms with Crippen LogP contribution in [-0.2, 0) is 0 Å². The number of hydrogen-bond acceptors (Lipinski definition) is 4. The van der Waals surface area contributed by atoms with Crippen LogP contribution in [0.3, 0.4) is 0 Å². The Hall–Kier alpha value is -2.27. The van der Waals surface area contributed by atoms with Crippen LogP contribution in [0.1, 0.15) is 52.1 Å². The van der Waals surface area contributed by atoms with Crippen molar-refractivity contribution in [2.24, 2.45) is 0 Å². The van der Waals surface area contributed by atoms with Crippen molar-refractivity contribution in [3.05, 3.63) is 58.4 Å². The van der Waals surface area contributed by atoms with Gasteiger partial charge in [-0.1, -0.05) is 12.1 Å². The minimum absolute atomic E-state index is 0.344. The lowest BCUT2D eigenvalue weighted by atomic mass is 9.69. The largest absolute Gasteiger partial charge is 0.478 e. The van der Waals surface area contributed by atoms with Crippen LogP contribution in [0.2, 0.25) is 0 Å². The van der Waals surface area contributed by atoms with Crippen LogP contribution >= 0.6 is 11.3 Å². The number of benzene rings is 1. The summed E-state index contributed by atoms with van der Waals surface area (Å²) in [5, 5.41) is 12.2. The zero-order chi connectivity index (χ0) is 16.0. The van der Waals surface area contributed by atoms with Gasteiger partial charge >= 0.3 is 5.97 Å². The summed E-state index contributed by atoms with van der Waals surface area (Å²) in [7, 11) is 0. The number of carbonyl (C=O) groups is 1. The Morgan fingerprint density at radius 1 is 1.13 bits per heavy atom. The van der Waals surface area contributed by atoms with E-state index in [1.807, 2.05) is 19.1 Å². The maximum Gasteiger partial charge on any atom is 0.335 e. The van der Waals surface area contributed by atoms with E-state index in [2.05, 4.69) is 21.4 Å². The average molecular weight is 324 g/mol. The van der Waals surface area contributed by atoms with Crippen LogP contribution in [0.15, 0.2) is 35.7 Å². The summed E-state index contributed by atoms with van der Waals surface area (Å²) in [6.07, 6.45) is 2.13. The second-order valence-electron chi connectivity index (χ2n) is 6.09. The van der Waals surface area contributed by atoms with Crippen molar-refractivity contribution in [3.8, 4) is 0 Å². The summed E-state index contributed by atoms with van der Waals surface area (Å²) < 4.78 is 0. The van der Waals surface area contributed by atoms with Crippen LogP contribution in [0, 0.1) is 6.92 Å². The van der Waals surface area contributed by atoms with E-state index < -0.39 is 5.97 Å². The molecule has 3 aromatic rings. The Labute approximate surface area is 137 Å². The first kappa shape index (κ1) is 14.3. The lowest BCUT2D eigenvalue weighted by Crippen LogP contribution is -2.21. The van der Waals surface area contributed by atoms with Gasteiger partial charge in [0.1, 0.15) is 10.7 Å². The van der Waals surface area contributed by atoms with Gasteiger partial charge in [0.15, 0.2) is 0 Å². The predicted octanol–water partition coefficient (Wildman–Crippen LogP) is 4.36. The Bertz CT molecular complexity index is 880. The van der Waals surface area contributed by atoms with E-state index in [0.717, 1.165) is 23.5 Å². The summed E-state index contributed by atoms with van der Waals surface area (Å²) in [6.45, 7) is 1.95. The summed E-state index contributed by atoms with van der Waals surface area (Å²) in [5.41, 5.74) is 2.74. The van der Waals surface area contributed by atoms with Crippen molar-refractivity contribution in [1.82, 2.24) is 9.97 Å². The second-order valence-corrected chi connectivity index (χ2v) is 6.98. The monoisotopic (exact) mass is 324 g/mol. The number of thiophene rings is 1. The summed E-state index contributed by atoms with van der Waals surface area (Å²) in [4.78, 5) is 21.2. The number of carboxylic acid groups (broad SMARTS) is 1. The summed E-state index contributed by atoms with van der Waals surface area (Å²) in [5.74, 6) is 0.924. The molecule has 0 saturated heterocycles. The molecule has 0 spiro atoms. The Morgan fingerprint density at radius 2 is 1.87 bits per heavy atom. The molecule has 1 saturated carbocycles. The molecule has 23 heavy (non-hydrogen) atoms. The maximum absolute atomic E-state index is 10.9. The highest BCUT2D eigenvalue weighted by molar-refractivity contribution is 7.16. The molecule has 0 bridgehead atoms. The van der Waals surface area contributed by atoms with E-state index in [-0.39, 0.29) is 0 Å². The van der Waals surface area contributed by atoms with Crippen LogP contribution in [0.5, 0.6) is 0 Å². The van der Waals surface area contributed by atoms with Gasteiger partial charge in [-0.2, -0.15) is 0 Å². The third-order valence-corrected chi connectivity index (χ3v) is 5.43. The van der Waals surface area contributed by atoms with Gasteiger partial charge in [0.25, 0.3) is 0 Å². The Morgan fingerprint density at radius 3 is 2.57 bits per heavy atom. The van der Waals surface area contributed by atoms with Crippen molar-refractivity contribution >= 4 is 27.5 Å². The zero-order valence-electron chi connectivity index (χ0n) is 12.7. The van der Waals surface area contributed by atoms with E-state index in [9.17, 15) is 4.79 Å². The van der Waals surface area contributed by atoms with E-state index >= 15 is 0 Å². The summed E-state index contributed by atoms with van der Waals surface area (Å²) in [6, 6.07) is 9.38. The fourth-order valence-electron chi connectivity index (χ4n) is 3.31. The minimum atomic E-state index is -0.876. The fraction of sp³-hybridized carbons (Fsp3) is 0.278. The second kappa shape index (κ2) is 5.42.